The van der Waals surface area contributed by atoms with Crippen molar-refractivity contribution in [2.45, 2.75) is 95.8 Å². The molecule has 0 spiro atoms. The van der Waals surface area contributed by atoms with Crippen LogP contribution in [0.5, 0.6) is 11.5 Å². The third-order valence-electron chi connectivity index (χ3n) is 8.89. The largest absolute Gasteiger partial charge is 0.508 e. The Hall–Kier alpha value is -3.14. The number of benzene rings is 3. The molecule has 0 amide bonds. The van der Waals surface area contributed by atoms with Crippen LogP contribution in [0.4, 0.5) is 5.69 Å². The average Bonchev–Trinajstić information content (AvgIpc) is 2.92. The molecule has 0 aliphatic heterocycles. The van der Waals surface area contributed by atoms with E-state index in [9.17, 15) is 15.1 Å². The summed E-state index contributed by atoms with van der Waals surface area (Å²) in [6.07, 6.45) is 11.6. The van der Waals surface area contributed by atoms with Gasteiger partial charge < -0.3 is 10.2 Å². The summed E-state index contributed by atoms with van der Waals surface area (Å²) in [7, 11) is 0. The summed E-state index contributed by atoms with van der Waals surface area (Å²) < 4.78 is 0. The lowest BCUT2D eigenvalue weighted by Crippen LogP contribution is -2.12. The van der Waals surface area contributed by atoms with Crippen LogP contribution in [0.2, 0.25) is 0 Å². The number of aryl methyl sites for hydroxylation is 2. The van der Waals surface area contributed by atoms with Gasteiger partial charge in [-0.15, -0.1) is 4.91 Å². The van der Waals surface area contributed by atoms with Crippen molar-refractivity contribution in [3.8, 4) is 11.5 Å². The SMILES string of the molecule is Cc1cc(O)c(C2CCCCC2)cc1C(c1cc(C2CCCCC2)c(N=O)cc1C)c1ccccc1O. The van der Waals surface area contributed by atoms with Crippen LogP contribution in [0.25, 0.3) is 0 Å². The molecule has 3 aromatic carbocycles. The fraction of sp³-hybridized carbons (Fsp3) is 0.455. The molecule has 2 aliphatic rings. The Bertz CT molecular complexity index is 1270. The molecule has 4 heteroatoms. The van der Waals surface area contributed by atoms with Gasteiger partial charge in [0.1, 0.15) is 17.2 Å². The highest BCUT2D eigenvalue weighted by Gasteiger charge is 2.29. The number of para-hydroxylation sites is 1. The van der Waals surface area contributed by atoms with E-state index in [4.69, 9.17) is 0 Å². The Morgan fingerprint density at radius 2 is 1.22 bits per heavy atom. The second kappa shape index (κ2) is 11.1. The van der Waals surface area contributed by atoms with Crippen molar-refractivity contribution >= 4 is 5.69 Å². The Kier molecular flexibility index (Phi) is 7.64. The van der Waals surface area contributed by atoms with Gasteiger partial charge in [0, 0.05) is 11.5 Å². The molecule has 0 saturated heterocycles. The Morgan fingerprint density at radius 1 is 0.676 bits per heavy atom. The van der Waals surface area contributed by atoms with Crippen LogP contribution in [0, 0.1) is 18.8 Å². The predicted molar refractivity (Wildman–Crippen MR) is 150 cm³/mol. The van der Waals surface area contributed by atoms with Gasteiger partial charge in [0.05, 0.1) is 0 Å². The van der Waals surface area contributed by atoms with E-state index >= 15 is 0 Å². The summed E-state index contributed by atoms with van der Waals surface area (Å²) in [5.41, 5.74) is 7.65. The fourth-order valence-corrected chi connectivity index (χ4v) is 6.87. The Balaban J connectivity index is 1.71. The van der Waals surface area contributed by atoms with E-state index in [1.54, 1.807) is 6.07 Å². The van der Waals surface area contributed by atoms with E-state index in [2.05, 4.69) is 17.3 Å². The maximum absolute atomic E-state index is 11.9. The average molecular weight is 498 g/mol. The lowest BCUT2D eigenvalue weighted by molar-refractivity contribution is 0.413. The van der Waals surface area contributed by atoms with E-state index in [-0.39, 0.29) is 11.7 Å². The van der Waals surface area contributed by atoms with Crippen LogP contribution in [0.1, 0.15) is 121 Å². The molecule has 3 aromatic rings. The van der Waals surface area contributed by atoms with Crippen molar-refractivity contribution in [3.63, 3.8) is 0 Å². The molecule has 2 aliphatic carbocycles. The van der Waals surface area contributed by atoms with Crippen LogP contribution < -0.4 is 0 Å². The number of phenolic OH excluding ortho intramolecular Hbond substituents is 2. The summed E-state index contributed by atoms with van der Waals surface area (Å²) in [5, 5.41) is 25.5. The van der Waals surface area contributed by atoms with Gasteiger partial charge in [-0.25, -0.2) is 0 Å². The molecule has 2 saturated carbocycles. The molecular formula is C33H39NO3. The van der Waals surface area contributed by atoms with Crippen molar-refractivity contribution in [2.75, 3.05) is 0 Å². The lowest BCUT2D eigenvalue weighted by Gasteiger charge is -2.29. The highest BCUT2D eigenvalue weighted by molar-refractivity contribution is 5.60. The first-order valence-electron chi connectivity index (χ1n) is 14.1. The third-order valence-corrected chi connectivity index (χ3v) is 8.89. The molecule has 194 valence electrons. The molecule has 37 heavy (non-hydrogen) atoms. The van der Waals surface area contributed by atoms with Crippen LogP contribution in [0.15, 0.2) is 53.7 Å². The zero-order valence-electron chi connectivity index (χ0n) is 22.2. The topological polar surface area (TPSA) is 69.9 Å². The van der Waals surface area contributed by atoms with Crippen LogP contribution in [-0.4, -0.2) is 10.2 Å². The molecule has 0 radical (unpaired) electrons. The molecule has 0 bridgehead atoms. The van der Waals surface area contributed by atoms with E-state index in [1.165, 1.54) is 38.5 Å². The molecule has 5 rings (SSSR count). The van der Waals surface area contributed by atoms with Crippen molar-refractivity contribution in [1.29, 1.82) is 0 Å². The van der Waals surface area contributed by atoms with E-state index in [0.717, 1.165) is 64.6 Å². The maximum Gasteiger partial charge on any atom is 0.119 e. The summed E-state index contributed by atoms with van der Waals surface area (Å²) in [6, 6.07) is 15.8. The predicted octanol–water partition coefficient (Wildman–Crippen LogP) is 9.39. The smallest absolute Gasteiger partial charge is 0.119 e. The summed E-state index contributed by atoms with van der Waals surface area (Å²) in [5.74, 6) is 1.12. The van der Waals surface area contributed by atoms with Gasteiger partial charge in [-0.1, -0.05) is 68.9 Å². The van der Waals surface area contributed by atoms with Gasteiger partial charge in [-0.05, 0) is 108 Å². The van der Waals surface area contributed by atoms with Gasteiger partial charge in [0.25, 0.3) is 0 Å². The number of hydrogen-bond donors (Lipinski definition) is 2. The molecule has 0 heterocycles. The number of nitrogens with zero attached hydrogens (tertiary/aromatic N) is 1. The third kappa shape index (κ3) is 5.16. The first-order valence-corrected chi connectivity index (χ1v) is 14.1. The standard InChI is InChI=1S/C33H39NO3/c1-21-17-30(34-37)28(23-11-5-3-6-12-23)19-26(21)33(25-15-9-10-16-31(25)35)27-20-29(32(36)18-22(27)2)24-13-7-4-8-14-24/h9-10,15-20,23-24,33,35-36H,3-8,11-14H2,1-2H3. The molecule has 0 aromatic heterocycles. The second-order valence-corrected chi connectivity index (χ2v) is 11.3. The quantitative estimate of drug-likeness (QED) is 0.263. The van der Waals surface area contributed by atoms with Crippen LogP contribution in [-0.2, 0) is 0 Å². The number of aromatic hydroxyl groups is 2. The number of nitroso groups, excluding NO2 is 1. The van der Waals surface area contributed by atoms with Gasteiger partial charge >= 0.3 is 0 Å². The van der Waals surface area contributed by atoms with E-state index < -0.39 is 0 Å². The normalized spacial score (nSPS) is 18.0. The highest BCUT2D eigenvalue weighted by atomic mass is 16.3. The summed E-state index contributed by atoms with van der Waals surface area (Å²) in [6.45, 7) is 4.09. The minimum absolute atomic E-state index is 0.216. The Morgan fingerprint density at radius 3 is 1.81 bits per heavy atom. The van der Waals surface area contributed by atoms with Gasteiger partial charge in [-0.2, -0.15) is 0 Å². The van der Waals surface area contributed by atoms with E-state index in [1.807, 2.05) is 44.2 Å². The number of hydrogen-bond acceptors (Lipinski definition) is 4. The van der Waals surface area contributed by atoms with Crippen LogP contribution in [0.3, 0.4) is 0 Å². The van der Waals surface area contributed by atoms with E-state index in [0.29, 0.717) is 23.3 Å². The zero-order valence-corrected chi connectivity index (χ0v) is 22.2. The van der Waals surface area contributed by atoms with Crippen LogP contribution >= 0.6 is 0 Å². The summed E-state index contributed by atoms with van der Waals surface area (Å²) >= 11 is 0. The Labute approximate surface area is 220 Å². The van der Waals surface area contributed by atoms with Crippen molar-refractivity contribution in [1.82, 2.24) is 0 Å². The summed E-state index contributed by atoms with van der Waals surface area (Å²) in [4.78, 5) is 11.9. The first kappa shape index (κ1) is 25.5. The fourth-order valence-electron chi connectivity index (χ4n) is 6.87. The van der Waals surface area contributed by atoms with Crippen molar-refractivity contribution < 1.29 is 10.2 Å². The van der Waals surface area contributed by atoms with Gasteiger partial charge in [0.15, 0.2) is 0 Å². The molecule has 2 N–H and O–H groups in total. The molecular weight excluding hydrogens is 458 g/mol. The van der Waals surface area contributed by atoms with Crippen molar-refractivity contribution in [3.05, 3.63) is 92.4 Å². The second-order valence-electron chi connectivity index (χ2n) is 11.3. The zero-order chi connectivity index (χ0) is 25.9. The lowest BCUT2D eigenvalue weighted by atomic mass is 9.75. The monoisotopic (exact) mass is 497 g/mol. The maximum atomic E-state index is 11.9. The van der Waals surface area contributed by atoms with Gasteiger partial charge in [-0.3, -0.25) is 0 Å². The minimum atomic E-state index is -0.216. The molecule has 2 fully saturated rings. The number of rotatable bonds is 6. The first-order chi connectivity index (χ1) is 18.0. The van der Waals surface area contributed by atoms with Gasteiger partial charge in [0.2, 0.25) is 0 Å². The number of phenols is 2. The molecule has 4 nitrogen and oxygen atoms in total. The minimum Gasteiger partial charge on any atom is -0.508 e. The van der Waals surface area contributed by atoms with Crippen molar-refractivity contribution in [2.24, 2.45) is 5.18 Å². The molecule has 1 unspecified atom stereocenters. The molecule has 1 atom stereocenters. The highest BCUT2D eigenvalue weighted by Crippen LogP contribution is 2.47.